The Bertz CT molecular complexity index is 486. The molecule has 5 nitrogen and oxygen atoms in total. The average Bonchev–Trinajstić information content (AvgIpc) is 2.88. The van der Waals surface area contributed by atoms with Gasteiger partial charge in [-0.2, -0.15) is 0 Å². The standard InChI is InChI=1S/C14H17NO4/c1-19-12-7-3-2-5-10(12)9-13(16)15-8-4-6-11(15)14(17)18/h2-3,5,7,11H,4,6,8-9H2,1H3,(H,17,18). The van der Waals surface area contributed by atoms with Crippen molar-refractivity contribution in [1.82, 2.24) is 4.90 Å². The number of likely N-dealkylation sites (tertiary alicyclic amines) is 1. The van der Waals surface area contributed by atoms with Gasteiger partial charge in [-0.3, -0.25) is 4.79 Å². The third-order valence-corrected chi connectivity index (χ3v) is 3.39. The lowest BCUT2D eigenvalue weighted by Crippen LogP contribution is -2.41. The van der Waals surface area contributed by atoms with E-state index in [0.717, 1.165) is 12.0 Å². The van der Waals surface area contributed by atoms with E-state index in [9.17, 15) is 9.59 Å². The first-order chi connectivity index (χ1) is 9.13. The molecule has 1 amide bonds. The first-order valence-electron chi connectivity index (χ1n) is 6.27. The van der Waals surface area contributed by atoms with E-state index in [2.05, 4.69) is 0 Å². The second-order valence-electron chi connectivity index (χ2n) is 4.57. The maximum Gasteiger partial charge on any atom is 0.326 e. The van der Waals surface area contributed by atoms with Crippen LogP contribution in [0.25, 0.3) is 0 Å². The van der Waals surface area contributed by atoms with Crippen LogP contribution in [0.3, 0.4) is 0 Å². The quantitative estimate of drug-likeness (QED) is 0.889. The molecule has 1 saturated heterocycles. The number of nitrogens with zero attached hydrogens (tertiary/aromatic N) is 1. The number of carbonyl (C=O) groups excluding carboxylic acids is 1. The van der Waals surface area contributed by atoms with E-state index >= 15 is 0 Å². The molecule has 2 rings (SSSR count). The summed E-state index contributed by atoms with van der Waals surface area (Å²) in [6.45, 7) is 0.519. The molecule has 1 atom stereocenters. The lowest BCUT2D eigenvalue weighted by Gasteiger charge is -2.21. The molecule has 1 aromatic rings. The van der Waals surface area contributed by atoms with E-state index < -0.39 is 12.0 Å². The second kappa shape index (κ2) is 5.73. The number of hydrogen-bond acceptors (Lipinski definition) is 3. The summed E-state index contributed by atoms with van der Waals surface area (Å²) in [5, 5.41) is 9.08. The van der Waals surface area contributed by atoms with Crippen molar-refractivity contribution < 1.29 is 19.4 Å². The van der Waals surface area contributed by atoms with Crippen LogP contribution in [0.2, 0.25) is 0 Å². The van der Waals surface area contributed by atoms with Crippen LogP contribution in [0.1, 0.15) is 18.4 Å². The number of methoxy groups -OCH3 is 1. The Morgan fingerprint density at radius 3 is 2.84 bits per heavy atom. The van der Waals surface area contributed by atoms with Gasteiger partial charge < -0.3 is 14.7 Å². The first-order valence-corrected chi connectivity index (χ1v) is 6.27. The highest BCUT2D eigenvalue weighted by Gasteiger charge is 2.33. The van der Waals surface area contributed by atoms with Crippen LogP contribution in [-0.4, -0.2) is 41.6 Å². The van der Waals surface area contributed by atoms with Gasteiger partial charge in [0.05, 0.1) is 13.5 Å². The number of ether oxygens (including phenoxy) is 1. The molecule has 0 aliphatic carbocycles. The van der Waals surface area contributed by atoms with Crippen molar-refractivity contribution in [2.45, 2.75) is 25.3 Å². The Kier molecular flexibility index (Phi) is 4.04. The van der Waals surface area contributed by atoms with Crippen LogP contribution in [0, 0.1) is 0 Å². The van der Waals surface area contributed by atoms with Crippen molar-refractivity contribution in [3.63, 3.8) is 0 Å². The molecule has 19 heavy (non-hydrogen) atoms. The summed E-state index contributed by atoms with van der Waals surface area (Å²) in [7, 11) is 1.55. The van der Waals surface area contributed by atoms with E-state index in [0.29, 0.717) is 18.7 Å². The predicted molar refractivity (Wildman–Crippen MR) is 69.1 cm³/mol. The summed E-state index contributed by atoms with van der Waals surface area (Å²) < 4.78 is 5.20. The number of carbonyl (C=O) groups is 2. The van der Waals surface area contributed by atoms with Crippen molar-refractivity contribution in [3.05, 3.63) is 29.8 Å². The smallest absolute Gasteiger partial charge is 0.326 e. The fourth-order valence-electron chi connectivity index (χ4n) is 2.44. The summed E-state index contributed by atoms with van der Waals surface area (Å²) >= 11 is 0. The Labute approximate surface area is 111 Å². The molecule has 102 valence electrons. The van der Waals surface area contributed by atoms with E-state index in [1.54, 1.807) is 13.2 Å². The molecule has 0 aromatic heterocycles. The van der Waals surface area contributed by atoms with Gasteiger partial charge in [-0.1, -0.05) is 18.2 Å². The third-order valence-electron chi connectivity index (χ3n) is 3.39. The first kappa shape index (κ1) is 13.4. The monoisotopic (exact) mass is 263 g/mol. The van der Waals surface area contributed by atoms with Crippen LogP contribution >= 0.6 is 0 Å². The van der Waals surface area contributed by atoms with Crippen LogP contribution in [0.5, 0.6) is 5.75 Å². The van der Waals surface area contributed by atoms with Gasteiger partial charge in [-0.15, -0.1) is 0 Å². The molecule has 0 spiro atoms. The fraction of sp³-hybridized carbons (Fsp3) is 0.429. The van der Waals surface area contributed by atoms with E-state index in [-0.39, 0.29) is 12.3 Å². The Balaban J connectivity index is 2.10. The molecule has 1 heterocycles. The minimum Gasteiger partial charge on any atom is -0.496 e. The maximum absolute atomic E-state index is 12.2. The van der Waals surface area contributed by atoms with Gasteiger partial charge in [0.25, 0.3) is 0 Å². The third kappa shape index (κ3) is 2.86. The highest BCUT2D eigenvalue weighted by atomic mass is 16.5. The zero-order valence-electron chi connectivity index (χ0n) is 10.8. The van der Waals surface area contributed by atoms with Gasteiger partial charge in [-0.25, -0.2) is 4.79 Å². The van der Waals surface area contributed by atoms with Gasteiger partial charge in [0.2, 0.25) is 5.91 Å². The SMILES string of the molecule is COc1ccccc1CC(=O)N1CCCC1C(=O)O. The highest BCUT2D eigenvalue weighted by Crippen LogP contribution is 2.22. The molecule has 5 heteroatoms. The van der Waals surface area contributed by atoms with E-state index in [4.69, 9.17) is 9.84 Å². The van der Waals surface area contributed by atoms with Crippen LogP contribution < -0.4 is 4.74 Å². The number of para-hydroxylation sites is 1. The summed E-state index contributed by atoms with van der Waals surface area (Å²) in [4.78, 5) is 24.7. The molecular formula is C14H17NO4. The number of carboxylic acid groups (broad SMARTS) is 1. The van der Waals surface area contributed by atoms with Crippen molar-refractivity contribution >= 4 is 11.9 Å². The predicted octanol–water partition coefficient (Wildman–Crippen LogP) is 1.31. The number of amides is 1. The molecule has 1 aliphatic rings. The van der Waals surface area contributed by atoms with Crippen molar-refractivity contribution in [2.24, 2.45) is 0 Å². The normalized spacial score (nSPS) is 18.4. The lowest BCUT2D eigenvalue weighted by atomic mass is 10.1. The Morgan fingerprint density at radius 1 is 1.42 bits per heavy atom. The van der Waals surface area contributed by atoms with Crippen molar-refractivity contribution in [1.29, 1.82) is 0 Å². The van der Waals surface area contributed by atoms with Crippen LogP contribution in [-0.2, 0) is 16.0 Å². The minimum absolute atomic E-state index is 0.158. The van der Waals surface area contributed by atoms with Crippen LogP contribution in [0.4, 0.5) is 0 Å². The molecular weight excluding hydrogens is 246 g/mol. The Hall–Kier alpha value is -2.04. The molecule has 1 unspecified atom stereocenters. The van der Waals surface area contributed by atoms with Gasteiger partial charge in [0.15, 0.2) is 0 Å². The largest absolute Gasteiger partial charge is 0.496 e. The molecule has 0 bridgehead atoms. The zero-order chi connectivity index (χ0) is 13.8. The number of hydrogen-bond donors (Lipinski definition) is 1. The molecule has 1 aromatic carbocycles. The zero-order valence-corrected chi connectivity index (χ0v) is 10.8. The topological polar surface area (TPSA) is 66.8 Å². The second-order valence-corrected chi connectivity index (χ2v) is 4.57. The average molecular weight is 263 g/mol. The highest BCUT2D eigenvalue weighted by molar-refractivity contribution is 5.85. The lowest BCUT2D eigenvalue weighted by molar-refractivity contribution is -0.148. The van der Waals surface area contributed by atoms with Crippen molar-refractivity contribution in [2.75, 3.05) is 13.7 Å². The van der Waals surface area contributed by atoms with Gasteiger partial charge in [0.1, 0.15) is 11.8 Å². The number of benzene rings is 1. The molecule has 0 saturated carbocycles. The van der Waals surface area contributed by atoms with Crippen molar-refractivity contribution in [3.8, 4) is 5.75 Å². The van der Waals surface area contributed by atoms with E-state index in [1.807, 2.05) is 18.2 Å². The minimum atomic E-state index is -0.925. The van der Waals surface area contributed by atoms with Gasteiger partial charge >= 0.3 is 5.97 Å². The van der Waals surface area contributed by atoms with Crippen LogP contribution in [0.15, 0.2) is 24.3 Å². The molecule has 1 N–H and O–H groups in total. The number of carboxylic acids is 1. The number of aliphatic carboxylic acids is 1. The summed E-state index contributed by atoms with van der Waals surface area (Å²) in [6, 6.07) is 6.61. The number of rotatable bonds is 4. The summed E-state index contributed by atoms with van der Waals surface area (Å²) in [5.74, 6) is -0.429. The van der Waals surface area contributed by atoms with Gasteiger partial charge in [-0.05, 0) is 18.9 Å². The fourth-order valence-corrected chi connectivity index (χ4v) is 2.44. The molecule has 0 radical (unpaired) electrons. The van der Waals surface area contributed by atoms with Gasteiger partial charge in [0, 0.05) is 12.1 Å². The maximum atomic E-state index is 12.2. The van der Waals surface area contributed by atoms with E-state index in [1.165, 1.54) is 4.90 Å². The summed E-state index contributed by atoms with van der Waals surface area (Å²) in [6.07, 6.45) is 1.45. The Morgan fingerprint density at radius 2 is 2.16 bits per heavy atom. The molecule has 1 aliphatic heterocycles. The summed E-state index contributed by atoms with van der Waals surface area (Å²) in [5.41, 5.74) is 0.783. The molecule has 1 fully saturated rings.